The average Bonchev–Trinajstić information content (AvgIpc) is 2.41. The van der Waals surface area contributed by atoms with E-state index in [2.05, 4.69) is 24.8 Å². The molecule has 2 N–H and O–H groups in total. The molecule has 1 aromatic rings. The van der Waals surface area contributed by atoms with Gasteiger partial charge in [0.25, 0.3) is 0 Å². The number of carbonyl (C=O) groups excluding carboxylic acids is 1. The van der Waals surface area contributed by atoms with Crippen molar-refractivity contribution in [1.82, 2.24) is 9.80 Å². The molecular formula is C18H29N3O2. The fraction of sp³-hybridized carbons (Fsp3) is 0.611. The molecule has 0 radical (unpaired) electrons. The van der Waals surface area contributed by atoms with Crippen LogP contribution >= 0.6 is 0 Å². The quantitative estimate of drug-likeness (QED) is 0.851. The molecular weight excluding hydrogens is 290 g/mol. The number of rotatable bonds is 2. The highest BCUT2D eigenvalue weighted by Gasteiger charge is 2.29. The predicted octanol–water partition coefficient (Wildman–Crippen LogP) is 3.02. The summed E-state index contributed by atoms with van der Waals surface area (Å²) in [5.41, 5.74) is 8.68. The summed E-state index contributed by atoms with van der Waals surface area (Å²) in [6.07, 6.45) is -0.215. The summed E-state index contributed by atoms with van der Waals surface area (Å²) in [5, 5.41) is 0. The van der Waals surface area contributed by atoms with Gasteiger partial charge < -0.3 is 15.4 Å². The fourth-order valence-electron chi connectivity index (χ4n) is 2.84. The average molecular weight is 319 g/mol. The maximum atomic E-state index is 12.2. The van der Waals surface area contributed by atoms with Gasteiger partial charge in [0.1, 0.15) is 5.60 Å². The number of benzene rings is 1. The van der Waals surface area contributed by atoms with E-state index in [4.69, 9.17) is 10.5 Å². The Balaban J connectivity index is 1.95. The summed E-state index contributed by atoms with van der Waals surface area (Å²) in [5.74, 6) is 0. The number of anilines is 1. The number of nitrogens with two attached hydrogens (primary N) is 1. The van der Waals surface area contributed by atoms with Crippen molar-refractivity contribution in [1.29, 1.82) is 0 Å². The van der Waals surface area contributed by atoms with Crippen LogP contribution in [0.25, 0.3) is 0 Å². The van der Waals surface area contributed by atoms with E-state index in [1.54, 1.807) is 0 Å². The number of ether oxygens (including phenoxy) is 1. The number of aryl methyl sites for hydroxylation is 1. The summed E-state index contributed by atoms with van der Waals surface area (Å²) >= 11 is 0. The fourth-order valence-corrected chi connectivity index (χ4v) is 2.84. The zero-order chi connectivity index (χ0) is 17.2. The van der Waals surface area contributed by atoms with Crippen LogP contribution in [0.2, 0.25) is 0 Å². The number of nitrogens with zero attached hydrogens (tertiary/aromatic N) is 2. The summed E-state index contributed by atoms with van der Waals surface area (Å²) < 4.78 is 5.47. The first-order valence-electron chi connectivity index (χ1n) is 8.22. The second-order valence-electron chi connectivity index (χ2n) is 7.43. The van der Waals surface area contributed by atoms with Crippen LogP contribution in [-0.2, 0) is 11.3 Å². The lowest BCUT2D eigenvalue weighted by Crippen LogP contribution is -2.54. The smallest absolute Gasteiger partial charge is 0.410 e. The predicted molar refractivity (Wildman–Crippen MR) is 93.3 cm³/mol. The van der Waals surface area contributed by atoms with Gasteiger partial charge in [-0.3, -0.25) is 4.90 Å². The van der Waals surface area contributed by atoms with Crippen LogP contribution < -0.4 is 5.73 Å². The van der Waals surface area contributed by atoms with Crippen LogP contribution in [-0.4, -0.2) is 47.2 Å². The molecule has 0 unspecified atom stereocenters. The lowest BCUT2D eigenvalue weighted by molar-refractivity contribution is 0.00458. The Morgan fingerprint density at radius 2 is 2.04 bits per heavy atom. The number of hydrogen-bond acceptors (Lipinski definition) is 4. The molecule has 5 nitrogen and oxygen atoms in total. The molecule has 1 aromatic carbocycles. The molecule has 5 heteroatoms. The highest BCUT2D eigenvalue weighted by Crippen LogP contribution is 2.19. The van der Waals surface area contributed by atoms with Crippen molar-refractivity contribution < 1.29 is 9.53 Å². The Kier molecular flexibility index (Phi) is 5.19. The molecule has 0 spiro atoms. The van der Waals surface area contributed by atoms with Crippen LogP contribution in [0.5, 0.6) is 0 Å². The van der Waals surface area contributed by atoms with Gasteiger partial charge in [-0.1, -0.05) is 6.07 Å². The number of nitrogen functional groups attached to an aromatic ring is 1. The summed E-state index contributed by atoms with van der Waals surface area (Å²) in [6, 6.07) is 6.35. The van der Waals surface area contributed by atoms with Gasteiger partial charge in [-0.05, 0) is 57.9 Å². The lowest BCUT2D eigenvalue weighted by atomic mass is 10.1. The Morgan fingerprint density at radius 1 is 1.35 bits per heavy atom. The van der Waals surface area contributed by atoms with Crippen LogP contribution in [0.1, 0.15) is 38.8 Å². The van der Waals surface area contributed by atoms with Gasteiger partial charge in [-0.15, -0.1) is 0 Å². The Hall–Kier alpha value is -1.75. The van der Waals surface area contributed by atoms with E-state index in [-0.39, 0.29) is 6.09 Å². The van der Waals surface area contributed by atoms with Crippen molar-refractivity contribution in [3.05, 3.63) is 29.3 Å². The van der Waals surface area contributed by atoms with E-state index in [1.165, 1.54) is 11.1 Å². The SMILES string of the molecule is Cc1cc(N)ccc1CN1CCN(C(=O)OC(C)(C)C)C[C@@H]1C. The number of piperazine rings is 1. The Labute approximate surface area is 139 Å². The molecule has 1 saturated heterocycles. The Bertz CT molecular complexity index is 566. The molecule has 128 valence electrons. The third kappa shape index (κ3) is 4.86. The molecule has 2 rings (SSSR count). The lowest BCUT2D eigenvalue weighted by Gasteiger charge is -2.40. The normalized spacial score (nSPS) is 19.7. The number of carbonyl (C=O) groups is 1. The molecule has 1 aliphatic rings. The second-order valence-corrected chi connectivity index (χ2v) is 7.43. The highest BCUT2D eigenvalue weighted by atomic mass is 16.6. The summed E-state index contributed by atoms with van der Waals surface area (Å²) in [6.45, 7) is 13.1. The molecule has 0 aliphatic carbocycles. The molecule has 1 heterocycles. The molecule has 1 amide bonds. The molecule has 0 saturated carbocycles. The van der Waals surface area contributed by atoms with E-state index < -0.39 is 5.60 Å². The molecule has 0 bridgehead atoms. The van der Waals surface area contributed by atoms with Crippen LogP contribution in [0, 0.1) is 6.92 Å². The zero-order valence-corrected chi connectivity index (χ0v) is 14.9. The van der Waals surface area contributed by atoms with Gasteiger partial charge in [0, 0.05) is 37.9 Å². The minimum Gasteiger partial charge on any atom is -0.444 e. The third-order valence-electron chi connectivity index (χ3n) is 4.16. The monoisotopic (exact) mass is 319 g/mol. The van der Waals surface area contributed by atoms with Crippen LogP contribution in [0.3, 0.4) is 0 Å². The van der Waals surface area contributed by atoms with Gasteiger partial charge in [0.2, 0.25) is 0 Å². The van der Waals surface area contributed by atoms with Crippen molar-refractivity contribution in [3.63, 3.8) is 0 Å². The van der Waals surface area contributed by atoms with Crippen LogP contribution in [0.4, 0.5) is 10.5 Å². The molecule has 1 atom stereocenters. The van der Waals surface area contributed by atoms with Gasteiger partial charge >= 0.3 is 6.09 Å². The van der Waals surface area contributed by atoms with Gasteiger partial charge in [-0.25, -0.2) is 4.79 Å². The van der Waals surface area contributed by atoms with Crippen molar-refractivity contribution >= 4 is 11.8 Å². The van der Waals surface area contributed by atoms with E-state index in [0.717, 1.165) is 18.8 Å². The minimum atomic E-state index is -0.446. The number of amides is 1. The maximum Gasteiger partial charge on any atom is 0.410 e. The van der Waals surface area contributed by atoms with Crippen molar-refractivity contribution in [2.45, 2.75) is 52.8 Å². The highest BCUT2D eigenvalue weighted by molar-refractivity contribution is 5.68. The van der Waals surface area contributed by atoms with Crippen molar-refractivity contribution in [3.8, 4) is 0 Å². The number of hydrogen-bond donors (Lipinski definition) is 1. The van der Waals surface area contributed by atoms with E-state index in [9.17, 15) is 4.79 Å². The molecule has 23 heavy (non-hydrogen) atoms. The first-order chi connectivity index (χ1) is 10.7. The second kappa shape index (κ2) is 6.79. The van der Waals surface area contributed by atoms with Crippen molar-refractivity contribution in [2.75, 3.05) is 25.4 Å². The molecule has 1 aliphatic heterocycles. The summed E-state index contributed by atoms with van der Waals surface area (Å²) in [4.78, 5) is 16.4. The first kappa shape index (κ1) is 17.6. The van der Waals surface area contributed by atoms with E-state index in [1.807, 2.05) is 37.8 Å². The largest absolute Gasteiger partial charge is 0.444 e. The Morgan fingerprint density at radius 3 is 2.61 bits per heavy atom. The first-order valence-corrected chi connectivity index (χ1v) is 8.22. The van der Waals surface area contributed by atoms with E-state index >= 15 is 0 Å². The van der Waals surface area contributed by atoms with Gasteiger partial charge in [0.05, 0.1) is 0 Å². The van der Waals surface area contributed by atoms with Crippen LogP contribution in [0.15, 0.2) is 18.2 Å². The maximum absolute atomic E-state index is 12.2. The van der Waals surface area contributed by atoms with Crippen molar-refractivity contribution in [2.24, 2.45) is 0 Å². The van der Waals surface area contributed by atoms with Gasteiger partial charge in [-0.2, -0.15) is 0 Å². The zero-order valence-electron chi connectivity index (χ0n) is 14.9. The molecule has 1 fully saturated rings. The van der Waals surface area contributed by atoms with Gasteiger partial charge in [0.15, 0.2) is 0 Å². The molecule has 0 aromatic heterocycles. The van der Waals surface area contributed by atoms with E-state index in [0.29, 0.717) is 19.1 Å². The summed E-state index contributed by atoms with van der Waals surface area (Å²) in [7, 11) is 0. The third-order valence-corrected chi connectivity index (χ3v) is 4.16. The standard InChI is InChI=1S/C18H29N3O2/c1-13-10-16(19)7-6-15(13)12-20-8-9-21(11-14(20)2)17(22)23-18(3,4)5/h6-7,10,14H,8-9,11-12,19H2,1-5H3/t14-/m0/s1. The topological polar surface area (TPSA) is 58.8 Å². The minimum absolute atomic E-state index is 0.215.